The molecule has 6 aromatic rings. The normalized spacial score (nSPS) is 17.7. The molecule has 8 heterocycles. The Hall–Kier alpha value is -7.11. The van der Waals surface area contributed by atoms with E-state index < -0.39 is 22.4 Å². The van der Waals surface area contributed by atoms with E-state index in [9.17, 15) is 18.4 Å². The molecule has 0 atom stereocenters. The number of halogens is 3. The highest BCUT2D eigenvalue weighted by atomic mass is 127. The van der Waals surface area contributed by atoms with Gasteiger partial charge in [-0.1, -0.05) is 24.3 Å². The molecule has 0 saturated carbocycles. The molecule has 81 heavy (non-hydrogen) atoms. The first-order chi connectivity index (χ1) is 38.8. The molecule has 2 amide bonds. The Labute approximate surface area is 484 Å². The van der Waals surface area contributed by atoms with Crippen molar-refractivity contribution >= 4 is 63.7 Å². The van der Waals surface area contributed by atoms with Crippen molar-refractivity contribution in [2.24, 2.45) is 0 Å². The van der Waals surface area contributed by atoms with E-state index in [4.69, 9.17) is 39.1 Å². The number of nitrogens with one attached hydrogen (secondary N) is 1. The number of benzene rings is 4. The van der Waals surface area contributed by atoms with Gasteiger partial charge >= 0.3 is 12.2 Å². The largest absolute Gasteiger partial charge is 0.477 e. The second kappa shape index (κ2) is 23.8. The number of fused-ring (bicyclic) bond motifs is 8. The lowest BCUT2D eigenvalue weighted by Crippen LogP contribution is -2.50. The van der Waals surface area contributed by atoms with Gasteiger partial charge in [-0.3, -0.25) is 0 Å². The summed E-state index contributed by atoms with van der Waals surface area (Å²) >= 11 is 2.30. The SMILES string of the molecule is CC(C)(C)OC(=O)N1CCN(c2ccc(I)cc2)CC1.CC(C)(C)OC(=O)N1CCN(c2ccc(Nc3ncc4c(n3)C3(CCOCC3)Oc3c(F)cccc3-4)cc2)CC1.Nc1ncc2c(n1)C1(CCOCC1)Oc1c(F)cccc1-2. The molecule has 2 aromatic heterocycles. The van der Waals surface area contributed by atoms with Crippen LogP contribution in [0.5, 0.6) is 11.5 Å². The number of hydrogen-bond donors (Lipinski definition) is 2. The number of nitrogen functional groups attached to an aromatic ring is 1. The molecule has 6 aliphatic heterocycles. The standard InChI is InChI=1S/C30H34FN5O4.C15H14FN3O2.C15H21IN2O2/c1-29(2,3)40-28(37)36-15-13-35(14-16-36)21-9-7-20(8-10-21)33-27-32-19-23-22-5-4-6-24(31)25(22)39-30(26(23)34-27)11-17-38-18-12-30;16-11-3-1-2-9-10-8-18-14(17)19-13(10)15(21-12(9)11)4-6-20-7-5-15;1-15(2,3)20-14(19)18-10-8-17(9-11-18)13-6-4-12(16)5-7-13/h4-10,19H,11-18H2,1-3H3,(H,32,33,34);1-3,8H,4-7H2,(H2,17,18,19);4-7H,8-11H2,1-3H3. The summed E-state index contributed by atoms with van der Waals surface area (Å²) in [5.74, 6) is 0.405. The minimum absolute atomic E-state index is 0.197. The molecule has 4 saturated heterocycles. The highest BCUT2D eigenvalue weighted by Crippen LogP contribution is 2.51. The van der Waals surface area contributed by atoms with Crippen molar-refractivity contribution in [2.75, 3.05) is 99.6 Å². The molecular weight excluding hydrogens is 1150 g/mol. The van der Waals surface area contributed by atoms with E-state index in [-0.39, 0.29) is 41.3 Å². The van der Waals surface area contributed by atoms with Crippen LogP contribution < -0.4 is 30.3 Å². The highest BCUT2D eigenvalue weighted by molar-refractivity contribution is 14.1. The number of para-hydroxylation sites is 2. The number of ether oxygens (including phenoxy) is 6. The number of aromatic nitrogens is 4. The maximum Gasteiger partial charge on any atom is 0.410 e. The zero-order valence-electron chi connectivity index (χ0n) is 46.6. The predicted molar refractivity (Wildman–Crippen MR) is 313 cm³/mol. The quantitative estimate of drug-likeness (QED) is 0.158. The van der Waals surface area contributed by atoms with Gasteiger partial charge in [0.1, 0.15) is 11.2 Å². The van der Waals surface area contributed by atoms with Crippen LogP contribution in [0.2, 0.25) is 0 Å². The number of carbonyl (C=O) groups is 2. The van der Waals surface area contributed by atoms with Crippen molar-refractivity contribution < 1.29 is 46.8 Å². The van der Waals surface area contributed by atoms with Crippen LogP contribution in [0.1, 0.15) is 78.6 Å². The van der Waals surface area contributed by atoms with Crippen LogP contribution in [0.3, 0.4) is 0 Å². The van der Waals surface area contributed by atoms with Gasteiger partial charge in [0.05, 0.1) is 37.8 Å². The van der Waals surface area contributed by atoms with Crippen molar-refractivity contribution in [3.05, 3.63) is 124 Å². The van der Waals surface area contributed by atoms with Crippen LogP contribution in [0, 0.1) is 15.2 Å². The van der Waals surface area contributed by atoms with E-state index >= 15 is 0 Å². The third-order valence-corrected chi connectivity index (χ3v) is 15.4. The summed E-state index contributed by atoms with van der Waals surface area (Å²) in [5, 5.41) is 3.31. The summed E-state index contributed by atoms with van der Waals surface area (Å²) in [5.41, 5.74) is 10.9. The maximum absolute atomic E-state index is 14.7. The highest BCUT2D eigenvalue weighted by Gasteiger charge is 2.47. The Morgan fingerprint density at radius 1 is 0.580 bits per heavy atom. The molecule has 18 nitrogen and oxygen atoms in total. The third-order valence-electron chi connectivity index (χ3n) is 14.7. The van der Waals surface area contributed by atoms with E-state index in [1.807, 2.05) is 77.9 Å². The molecule has 0 aliphatic carbocycles. The zero-order valence-corrected chi connectivity index (χ0v) is 48.8. The fourth-order valence-electron chi connectivity index (χ4n) is 10.6. The van der Waals surface area contributed by atoms with Gasteiger partial charge in [0.15, 0.2) is 34.3 Å². The van der Waals surface area contributed by atoms with Gasteiger partial charge in [-0.2, -0.15) is 0 Å². The van der Waals surface area contributed by atoms with Crippen LogP contribution in [0.15, 0.2) is 97.3 Å². The van der Waals surface area contributed by atoms with Gasteiger partial charge in [-0.15, -0.1) is 0 Å². The van der Waals surface area contributed by atoms with Crippen LogP contribution in [-0.2, 0) is 30.1 Å². The Morgan fingerprint density at radius 2 is 1.00 bits per heavy atom. The Morgan fingerprint density at radius 3 is 1.44 bits per heavy atom. The Kier molecular flexibility index (Phi) is 16.8. The molecule has 3 N–H and O–H groups in total. The third kappa shape index (κ3) is 13.2. The maximum atomic E-state index is 14.7. The Bertz CT molecular complexity index is 3210. The molecule has 6 aliphatic rings. The van der Waals surface area contributed by atoms with E-state index in [2.05, 4.69) is 76.9 Å². The minimum atomic E-state index is -0.756. The number of carbonyl (C=O) groups excluding carboxylic acids is 2. The second-order valence-electron chi connectivity index (χ2n) is 22.7. The van der Waals surface area contributed by atoms with Gasteiger partial charge in [-0.05, 0) is 125 Å². The van der Waals surface area contributed by atoms with Crippen molar-refractivity contribution in [3.8, 4) is 33.8 Å². The monoisotopic (exact) mass is 1220 g/mol. The van der Waals surface area contributed by atoms with Gasteiger partial charge in [0.2, 0.25) is 11.9 Å². The van der Waals surface area contributed by atoms with Crippen LogP contribution >= 0.6 is 22.6 Å². The van der Waals surface area contributed by atoms with Crippen molar-refractivity contribution in [3.63, 3.8) is 0 Å². The number of piperazine rings is 2. The number of nitrogens with zero attached hydrogens (tertiary/aromatic N) is 8. The molecular formula is C60H69F2IN10O8. The number of amides is 2. The fourth-order valence-corrected chi connectivity index (χ4v) is 11.0. The topological polar surface area (TPSA) is 192 Å². The Balaban J connectivity index is 0.000000151. The summed E-state index contributed by atoms with van der Waals surface area (Å²) in [4.78, 5) is 50.4. The average molecular weight is 1220 g/mol. The molecule has 0 unspecified atom stereocenters. The molecule has 428 valence electrons. The van der Waals surface area contributed by atoms with Gasteiger partial charge in [0, 0.05) is 133 Å². The van der Waals surface area contributed by atoms with Crippen LogP contribution in [0.25, 0.3) is 22.3 Å². The minimum Gasteiger partial charge on any atom is -0.477 e. The average Bonchev–Trinajstić information content (AvgIpc) is 3.46. The van der Waals surface area contributed by atoms with Gasteiger partial charge in [-0.25, -0.2) is 38.3 Å². The first-order valence-corrected chi connectivity index (χ1v) is 28.5. The molecule has 4 aromatic carbocycles. The lowest BCUT2D eigenvalue weighted by molar-refractivity contribution is -0.0560. The van der Waals surface area contributed by atoms with Crippen LogP contribution in [-0.4, -0.2) is 132 Å². The molecule has 0 bridgehead atoms. The van der Waals surface area contributed by atoms with Crippen molar-refractivity contribution in [1.29, 1.82) is 0 Å². The number of hydrogen-bond acceptors (Lipinski definition) is 16. The molecule has 2 spiro atoms. The van der Waals surface area contributed by atoms with Crippen LogP contribution in [0.4, 0.5) is 47.3 Å². The number of anilines is 5. The summed E-state index contributed by atoms with van der Waals surface area (Å²) in [6.45, 7) is 19.2. The molecule has 21 heteroatoms. The van der Waals surface area contributed by atoms with Crippen molar-refractivity contribution in [2.45, 2.75) is 89.6 Å². The first kappa shape index (κ1) is 57.1. The summed E-state index contributed by atoms with van der Waals surface area (Å²) < 4.78 is 64.4. The first-order valence-electron chi connectivity index (χ1n) is 27.5. The van der Waals surface area contributed by atoms with Gasteiger partial charge < -0.3 is 59.1 Å². The van der Waals surface area contributed by atoms with E-state index in [0.717, 1.165) is 60.1 Å². The molecule has 4 fully saturated rings. The van der Waals surface area contributed by atoms with E-state index in [1.165, 1.54) is 21.4 Å². The molecule has 0 radical (unpaired) electrons. The summed E-state index contributed by atoms with van der Waals surface area (Å²) in [6, 6.07) is 26.3. The second-order valence-corrected chi connectivity index (χ2v) is 23.9. The lowest BCUT2D eigenvalue weighted by atomic mass is 9.83. The lowest BCUT2D eigenvalue weighted by Gasteiger charge is -2.41. The van der Waals surface area contributed by atoms with Gasteiger partial charge in [0.25, 0.3) is 0 Å². The zero-order chi connectivity index (χ0) is 57.1. The number of nitrogens with two attached hydrogens (primary N) is 1. The molecule has 12 rings (SSSR count). The fraction of sp³-hybridized carbons (Fsp3) is 0.433. The summed E-state index contributed by atoms with van der Waals surface area (Å²) in [6.07, 6.45) is 5.32. The smallest absolute Gasteiger partial charge is 0.410 e. The van der Waals surface area contributed by atoms with E-state index in [1.54, 1.807) is 34.3 Å². The predicted octanol–water partition coefficient (Wildman–Crippen LogP) is 11.1. The summed E-state index contributed by atoms with van der Waals surface area (Å²) in [7, 11) is 0. The van der Waals surface area contributed by atoms with E-state index in [0.29, 0.717) is 95.4 Å². The number of rotatable bonds is 4. The van der Waals surface area contributed by atoms with Crippen molar-refractivity contribution in [1.82, 2.24) is 29.7 Å².